The number of hydrogen-bond acceptors (Lipinski definition) is 8. The van der Waals surface area contributed by atoms with E-state index in [2.05, 4.69) is 13.9 Å². The second-order valence-corrected chi connectivity index (χ2v) is 9.21. The van der Waals surface area contributed by atoms with Crippen molar-refractivity contribution < 1.29 is 36.2 Å². The molecule has 13 heteroatoms. The molecule has 2 rings (SSSR count). The molecule has 2 aromatic rings. The third-order valence-corrected chi connectivity index (χ3v) is 6.06. The number of anilines is 1. The van der Waals surface area contributed by atoms with Crippen LogP contribution >= 0.6 is 11.6 Å². The van der Waals surface area contributed by atoms with E-state index < -0.39 is 25.1 Å². The molecule has 2 aromatic carbocycles. The summed E-state index contributed by atoms with van der Waals surface area (Å²) in [5.41, 5.74) is 0.178. The van der Waals surface area contributed by atoms with E-state index >= 15 is 0 Å². The van der Waals surface area contributed by atoms with Gasteiger partial charge in [0.2, 0.25) is 0 Å². The fourth-order valence-electron chi connectivity index (χ4n) is 1.91. The zero-order valence-electron chi connectivity index (χ0n) is 15.1. The van der Waals surface area contributed by atoms with Crippen LogP contribution in [0.3, 0.4) is 0 Å². The van der Waals surface area contributed by atoms with Crippen LogP contribution in [0.1, 0.15) is 17.3 Å². The van der Waals surface area contributed by atoms with Gasteiger partial charge in [-0.25, -0.2) is 4.79 Å². The van der Waals surface area contributed by atoms with Gasteiger partial charge in [0.25, 0.3) is 5.69 Å². The first-order valence-corrected chi connectivity index (χ1v) is 11.3. The standard InChI is InChI=1S/C8H10AsNO5.C8H6ClNO4/c1-6(11)10-8-4-2-7(3-5-8)9(12,13)15-14;1-14-8(11)5-3-2-4-6(7(5)9)10(12)13/h2-5,14H,1H3,(H,10,11)(H,12,13);2-4H,1H3. The van der Waals surface area contributed by atoms with Crippen molar-refractivity contribution in [3.05, 3.63) is 63.2 Å². The second kappa shape index (κ2) is 10.7. The van der Waals surface area contributed by atoms with Crippen LogP contribution in [-0.4, -0.2) is 47.4 Å². The van der Waals surface area contributed by atoms with Crippen molar-refractivity contribution in [2.75, 3.05) is 12.4 Å². The van der Waals surface area contributed by atoms with Gasteiger partial charge in [0.15, 0.2) is 0 Å². The Hall–Kier alpha value is -2.69. The number of nitro groups is 1. The third-order valence-electron chi connectivity index (χ3n) is 3.20. The van der Waals surface area contributed by atoms with Crippen molar-refractivity contribution in [1.29, 1.82) is 0 Å². The van der Waals surface area contributed by atoms with Crippen molar-refractivity contribution in [3.63, 3.8) is 0 Å². The number of carbonyl (C=O) groups excluding carboxylic acids is 2. The minimum atomic E-state index is -4.76. The van der Waals surface area contributed by atoms with Gasteiger partial charge in [-0.2, -0.15) is 0 Å². The van der Waals surface area contributed by atoms with Crippen molar-refractivity contribution in [1.82, 2.24) is 0 Å². The molecule has 0 aliphatic heterocycles. The molecule has 0 heterocycles. The van der Waals surface area contributed by atoms with Gasteiger partial charge < -0.3 is 4.74 Å². The average molecular weight is 491 g/mol. The largest absolute Gasteiger partial charge is 0.465 e. The number of ether oxygens (including phenoxy) is 1. The summed E-state index contributed by atoms with van der Waals surface area (Å²) in [6.45, 7) is 1.35. The van der Waals surface area contributed by atoms with Crippen molar-refractivity contribution in [3.8, 4) is 0 Å². The van der Waals surface area contributed by atoms with Gasteiger partial charge in [-0.15, -0.1) is 0 Å². The van der Waals surface area contributed by atoms with E-state index in [9.17, 15) is 23.4 Å². The van der Waals surface area contributed by atoms with Gasteiger partial charge in [0.1, 0.15) is 5.02 Å². The second-order valence-electron chi connectivity index (χ2n) is 5.22. The molecule has 0 saturated heterocycles. The number of carbonyl (C=O) groups is 2. The summed E-state index contributed by atoms with van der Waals surface area (Å²) >= 11 is 0.871. The summed E-state index contributed by atoms with van der Waals surface area (Å²) in [5.74, 6) is -0.933. The Morgan fingerprint density at radius 3 is 2.24 bits per heavy atom. The minimum absolute atomic E-state index is 0.00438. The number of benzene rings is 2. The SMILES string of the molecule is CC(=O)Nc1ccc([As](=O)(O)OO)cc1.COC(=O)c1cccc([N+](=O)[O-])c1Cl. The molecule has 0 aromatic heterocycles. The Labute approximate surface area is 172 Å². The maximum atomic E-state index is 11.2. The van der Waals surface area contributed by atoms with Crippen LogP contribution in [0.15, 0.2) is 42.5 Å². The van der Waals surface area contributed by atoms with Gasteiger partial charge in [-0.05, 0) is 6.07 Å². The summed E-state index contributed by atoms with van der Waals surface area (Å²) in [7, 11) is 1.18. The summed E-state index contributed by atoms with van der Waals surface area (Å²) < 4.78 is 28.2. The normalized spacial score (nSPS) is 12.0. The summed E-state index contributed by atoms with van der Waals surface area (Å²) in [5, 5.41) is 21.0. The smallest absolute Gasteiger partial charge is 0.339 e. The van der Waals surface area contributed by atoms with Gasteiger partial charge in [0, 0.05) is 6.07 Å². The maximum Gasteiger partial charge on any atom is 0.339 e. The first-order valence-electron chi connectivity index (χ1n) is 7.59. The zero-order valence-corrected chi connectivity index (χ0v) is 17.7. The summed E-state index contributed by atoms with van der Waals surface area (Å²) in [6.07, 6.45) is 0. The third kappa shape index (κ3) is 7.00. The monoisotopic (exact) mass is 490 g/mol. The number of nitro benzene ring substituents is 1. The van der Waals surface area contributed by atoms with Crippen molar-refractivity contribution in [2.45, 2.75) is 6.92 Å². The van der Waals surface area contributed by atoms with Gasteiger partial charge in [-0.3, -0.25) is 10.1 Å². The van der Waals surface area contributed by atoms with Crippen LogP contribution < -0.4 is 9.67 Å². The van der Waals surface area contributed by atoms with Gasteiger partial charge >= 0.3 is 94.4 Å². The Bertz CT molecular complexity index is 950. The molecule has 0 bridgehead atoms. The van der Waals surface area contributed by atoms with Crippen LogP contribution in [0, 0.1) is 10.1 Å². The zero-order chi connectivity index (χ0) is 22.2. The molecule has 0 spiro atoms. The Kier molecular flexibility index (Phi) is 9.02. The van der Waals surface area contributed by atoms with Gasteiger partial charge in [0.05, 0.1) is 17.6 Å². The number of rotatable bonds is 5. The van der Waals surface area contributed by atoms with Crippen LogP contribution in [0.4, 0.5) is 11.4 Å². The predicted octanol–water partition coefficient (Wildman–Crippen LogP) is 1.74. The van der Waals surface area contributed by atoms with E-state index in [0.717, 1.165) is 0 Å². The van der Waals surface area contributed by atoms with E-state index in [-0.39, 0.29) is 26.5 Å². The Morgan fingerprint density at radius 2 is 1.79 bits per heavy atom. The number of amides is 1. The molecule has 0 aliphatic rings. The molecule has 0 aliphatic carbocycles. The quantitative estimate of drug-likeness (QED) is 0.186. The van der Waals surface area contributed by atoms with E-state index in [1.54, 1.807) is 0 Å². The van der Waals surface area contributed by atoms with E-state index in [1.165, 1.54) is 56.5 Å². The Balaban J connectivity index is 0.000000291. The fraction of sp³-hybridized carbons (Fsp3) is 0.125. The molecular weight excluding hydrogens is 475 g/mol. The molecule has 156 valence electrons. The predicted molar refractivity (Wildman–Crippen MR) is 102 cm³/mol. The maximum absolute atomic E-state index is 11.2. The minimum Gasteiger partial charge on any atom is -0.465 e. The number of hydrogen-bond donors (Lipinski definition) is 3. The molecule has 0 radical (unpaired) electrons. The van der Waals surface area contributed by atoms with E-state index in [0.29, 0.717) is 5.69 Å². The van der Waals surface area contributed by atoms with E-state index in [1.807, 2.05) is 0 Å². The molecule has 11 nitrogen and oxygen atoms in total. The van der Waals surface area contributed by atoms with Crippen LogP contribution in [-0.2, 0) is 17.1 Å². The van der Waals surface area contributed by atoms with Gasteiger partial charge in [-0.1, -0.05) is 17.7 Å². The number of esters is 1. The number of methoxy groups -OCH3 is 1. The molecule has 1 amide bonds. The Morgan fingerprint density at radius 1 is 1.21 bits per heavy atom. The summed E-state index contributed by atoms with van der Waals surface area (Å²) in [6, 6.07) is 9.45. The number of halogens is 1. The molecule has 1 unspecified atom stereocenters. The van der Waals surface area contributed by atoms with Crippen LogP contribution in [0.5, 0.6) is 0 Å². The average Bonchev–Trinajstić information content (AvgIpc) is 2.67. The molecular formula is C16H16AsClN2O9. The number of nitrogens with zero attached hydrogens (tertiary/aromatic N) is 1. The fourth-order valence-corrected chi connectivity index (χ4v) is 3.49. The number of nitrogens with one attached hydrogen (secondary N) is 1. The first-order chi connectivity index (χ1) is 13.5. The van der Waals surface area contributed by atoms with Crippen molar-refractivity contribution >= 4 is 53.4 Å². The first kappa shape index (κ1) is 24.3. The van der Waals surface area contributed by atoms with E-state index in [4.69, 9.17) is 21.0 Å². The van der Waals surface area contributed by atoms with Crippen molar-refractivity contribution in [2.24, 2.45) is 0 Å². The molecule has 29 heavy (non-hydrogen) atoms. The summed E-state index contributed by atoms with van der Waals surface area (Å²) in [4.78, 5) is 31.6. The topological polar surface area (TPSA) is 165 Å². The molecule has 0 saturated carbocycles. The molecule has 0 fully saturated rings. The molecule has 1 atom stereocenters. The van der Waals surface area contributed by atoms with Crippen LogP contribution in [0.2, 0.25) is 5.02 Å². The molecule has 3 N–H and O–H groups in total. The van der Waals surface area contributed by atoms with Crippen LogP contribution in [0.25, 0.3) is 0 Å².